The van der Waals surface area contributed by atoms with Crippen molar-refractivity contribution in [1.82, 2.24) is 4.90 Å². The van der Waals surface area contributed by atoms with Crippen molar-refractivity contribution in [3.8, 4) is 5.75 Å². The van der Waals surface area contributed by atoms with Crippen molar-refractivity contribution in [3.63, 3.8) is 0 Å². The zero-order chi connectivity index (χ0) is 32.1. The molecular weight excluding hydrogens is 593 g/mol. The maximum atomic E-state index is 13.8. The summed E-state index contributed by atoms with van der Waals surface area (Å²) in [6, 6.07) is 4.36. The minimum atomic E-state index is -5.07. The van der Waals surface area contributed by atoms with Gasteiger partial charge in [-0.1, -0.05) is 26.0 Å². The van der Waals surface area contributed by atoms with E-state index in [0.29, 0.717) is 23.0 Å². The summed E-state index contributed by atoms with van der Waals surface area (Å²) in [7, 11) is 1.43. The molecule has 4 atom stereocenters. The highest BCUT2D eigenvalue weighted by Gasteiger charge is 2.49. The summed E-state index contributed by atoms with van der Waals surface area (Å²) in [5, 5.41) is 0. The first-order valence-corrected chi connectivity index (χ1v) is 13.8. The number of halogens is 9. The van der Waals surface area contributed by atoms with Gasteiger partial charge in [-0.3, -0.25) is 4.90 Å². The Balaban J connectivity index is 1.71. The van der Waals surface area contributed by atoms with Crippen molar-refractivity contribution >= 4 is 11.7 Å². The molecule has 1 aliphatic heterocycles. The molecular formula is C30H32F9NO3. The summed E-state index contributed by atoms with van der Waals surface area (Å²) in [5.41, 5.74) is -0.582. The van der Waals surface area contributed by atoms with Gasteiger partial charge in [-0.25, -0.2) is 4.79 Å². The number of hydrogen-bond acceptors (Lipinski definition) is 3. The fourth-order valence-electron chi connectivity index (χ4n) is 6.01. The lowest BCUT2D eigenvalue weighted by molar-refractivity contribution is -0.176. The van der Waals surface area contributed by atoms with Crippen LogP contribution in [0, 0.1) is 11.8 Å². The van der Waals surface area contributed by atoms with Crippen molar-refractivity contribution in [1.29, 1.82) is 0 Å². The van der Waals surface area contributed by atoms with Gasteiger partial charge in [-0.2, -0.15) is 39.5 Å². The molecule has 238 valence electrons. The van der Waals surface area contributed by atoms with Gasteiger partial charge in [0.25, 0.3) is 0 Å². The Labute approximate surface area is 243 Å². The van der Waals surface area contributed by atoms with Gasteiger partial charge < -0.3 is 9.47 Å². The Morgan fingerprint density at radius 3 is 2.26 bits per heavy atom. The third-order valence-electron chi connectivity index (χ3n) is 8.43. The van der Waals surface area contributed by atoms with E-state index in [0.717, 1.165) is 10.5 Å². The van der Waals surface area contributed by atoms with Gasteiger partial charge in [0, 0.05) is 23.6 Å². The first-order chi connectivity index (χ1) is 19.8. The maximum absolute atomic E-state index is 13.8. The SMILES string of the molecule is COc1ccc(C(C)C)cc1C1=C(CN2C(=O)O[C@H](C3C=C(C(F)(F)F)C=C(C(F)(F)F)C3)[C@@H]2C)C[C@@H](C(F)(F)F)CC1. The molecule has 1 aromatic rings. The molecule has 0 spiro atoms. The molecule has 0 saturated carbocycles. The van der Waals surface area contributed by atoms with E-state index >= 15 is 0 Å². The van der Waals surface area contributed by atoms with Crippen LogP contribution in [0.1, 0.15) is 63.5 Å². The number of cyclic esters (lactones) is 1. The highest BCUT2D eigenvalue weighted by atomic mass is 19.4. The standard InChI is InChI=1S/C30H32F9NO3/c1-15(2)17-5-8-25(42-4)24(12-17)23-7-6-20(28(31,32)33)11-19(23)14-40-16(3)26(43-27(40)41)18-9-21(29(34,35)36)13-22(10-18)30(37,38)39/h5,8-9,12-13,15-16,18,20,26H,6-7,10-11,14H2,1-4H3/t16-,18?,20-,26-/m0/s1. The average Bonchev–Trinajstić information content (AvgIpc) is 3.19. The highest BCUT2D eigenvalue weighted by Crippen LogP contribution is 2.47. The molecule has 0 radical (unpaired) electrons. The minimum Gasteiger partial charge on any atom is -0.496 e. The molecule has 3 aliphatic rings. The van der Waals surface area contributed by atoms with Crippen LogP contribution in [0.2, 0.25) is 0 Å². The molecule has 13 heteroatoms. The molecule has 1 unspecified atom stereocenters. The normalized spacial score (nSPS) is 25.6. The molecule has 0 N–H and O–H groups in total. The number of benzene rings is 1. The zero-order valence-electron chi connectivity index (χ0n) is 23.9. The van der Waals surface area contributed by atoms with Crippen LogP contribution >= 0.6 is 0 Å². The monoisotopic (exact) mass is 625 g/mol. The third-order valence-corrected chi connectivity index (χ3v) is 8.43. The summed E-state index contributed by atoms with van der Waals surface area (Å²) in [4.78, 5) is 14.1. The molecule has 43 heavy (non-hydrogen) atoms. The molecule has 0 bridgehead atoms. The molecule has 4 nitrogen and oxygen atoms in total. The summed E-state index contributed by atoms with van der Waals surface area (Å²) in [6.07, 6.45) is -17.8. The van der Waals surface area contributed by atoms with Crippen LogP contribution in [-0.2, 0) is 4.74 Å². The summed E-state index contributed by atoms with van der Waals surface area (Å²) in [5.74, 6) is -2.62. The predicted molar refractivity (Wildman–Crippen MR) is 140 cm³/mol. The molecule has 1 heterocycles. The molecule has 1 amide bonds. The van der Waals surface area contributed by atoms with Crippen molar-refractivity contribution in [2.45, 2.75) is 83.0 Å². The Hall–Kier alpha value is -3.12. The third kappa shape index (κ3) is 7.01. The number of amides is 1. The van der Waals surface area contributed by atoms with Gasteiger partial charge in [0.05, 0.1) is 24.6 Å². The summed E-state index contributed by atoms with van der Waals surface area (Å²) >= 11 is 0. The van der Waals surface area contributed by atoms with Gasteiger partial charge in [0.2, 0.25) is 0 Å². The predicted octanol–water partition coefficient (Wildman–Crippen LogP) is 9.14. The van der Waals surface area contributed by atoms with E-state index in [9.17, 15) is 44.3 Å². The van der Waals surface area contributed by atoms with E-state index in [1.165, 1.54) is 14.0 Å². The fourth-order valence-corrected chi connectivity index (χ4v) is 6.01. The van der Waals surface area contributed by atoms with Crippen molar-refractivity contribution < 1.29 is 53.8 Å². The van der Waals surface area contributed by atoms with Crippen LogP contribution in [0.5, 0.6) is 5.75 Å². The van der Waals surface area contributed by atoms with Crippen LogP contribution < -0.4 is 4.74 Å². The summed E-state index contributed by atoms with van der Waals surface area (Å²) < 4.78 is 133. The number of nitrogens with zero attached hydrogens (tertiary/aromatic N) is 1. The van der Waals surface area contributed by atoms with Crippen molar-refractivity contribution in [3.05, 3.63) is 58.2 Å². The Morgan fingerprint density at radius 1 is 1.02 bits per heavy atom. The smallest absolute Gasteiger partial charge is 0.416 e. The lowest BCUT2D eigenvalue weighted by Gasteiger charge is -2.33. The number of methoxy groups -OCH3 is 1. The van der Waals surface area contributed by atoms with Crippen LogP contribution in [-0.4, -0.2) is 55.3 Å². The van der Waals surface area contributed by atoms with Gasteiger partial charge in [-0.15, -0.1) is 0 Å². The summed E-state index contributed by atoms with van der Waals surface area (Å²) in [6.45, 7) is 4.98. The Bertz CT molecular complexity index is 1320. The zero-order valence-corrected chi connectivity index (χ0v) is 23.9. The molecule has 1 saturated heterocycles. The molecule has 4 rings (SSSR count). The average molecular weight is 626 g/mol. The lowest BCUT2D eigenvalue weighted by Crippen LogP contribution is -2.40. The number of carbonyl (C=O) groups excluding carboxylic acids is 1. The minimum absolute atomic E-state index is 0.0260. The highest BCUT2D eigenvalue weighted by molar-refractivity contribution is 5.77. The second-order valence-electron chi connectivity index (χ2n) is 11.5. The van der Waals surface area contributed by atoms with Crippen LogP contribution in [0.25, 0.3) is 5.57 Å². The van der Waals surface area contributed by atoms with Crippen molar-refractivity contribution in [2.75, 3.05) is 13.7 Å². The molecule has 1 aromatic carbocycles. The second-order valence-corrected chi connectivity index (χ2v) is 11.5. The van der Waals surface area contributed by atoms with E-state index in [1.54, 1.807) is 6.07 Å². The van der Waals surface area contributed by atoms with Gasteiger partial charge in [0.15, 0.2) is 0 Å². The molecule has 0 aromatic heterocycles. The van der Waals surface area contributed by atoms with Gasteiger partial charge in [0.1, 0.15) is 11.9 Å². The van der Waals surface area contributed by atoms with Gasteiger partial charge in [-0.05, 0) is 73.4 Å². The van der Waals surface area contributed by atoms with E-state index in [2.05, 4.69) is 0 Å². The number of hydrogen-bond donors (Lipinski definition) is 0. The van der Waals surface area contributed by atoms with E-state index in [1.807, 2.05) is 26.0 Å². The number of rotatable bonds is 6. The van der Waals surface area contributed by atoms with Crippen LogP contribution in [0.15, 0.2) is 47.1 Å². The number of alkyl halides is 9. The first kappa shape index (κ1) is 32.8. The van der Waals surface area contributed by atoms with Crippen molar-refractivity contribution in [2.24, 2.45) is 11.8 Å². The quantitative estimate of drug-likeness (QED) is 0.296. The fraction of sp³-hybridized carbons (Fsp3) is 0.567. The number of ether oxygens (including phenoxy) is 2. The van der Waals surface area contributed by atoms with E-state index < -0.39 is 72.6 Å². The molecule has 1 fully saturated rings. The number of allylic oxidation sites excluding steroid dienone is 4. The topological polar surface area (TPSA) is 38.8 Å². The Morgan fingerprint density at radius 2 is 1.70 bits per heavy atom. The van der Waals surface area contributed by atoms with E-state index in [-0.39, 0.29) is 37.0 Å². The van der Waals surface area contributed by atoms with E-state index in [4.69, 9.17) is 9.47 Å². The Kier molecular flexibility index (Phi) is 8.97. The maximum Gasteiger partial charge on any atom is 0.416 e. The largest absolute Gasteiger partial charge is 0.496 e. The lowest BCUT2D eigenvalue weighted by atomic mass is 9.79. The van der Waals surface area contributed by atoms with Crippen LogP contribution in [0.3, 0.4) is 0 Å². The first-order valence-electron chi connectivity index (χ1n) is 13.8. The number of carbonyl (C=O) groups is 1. The molecule has 2 aliphatic carbocycles. The second kappa shape index (κ2) is 11.8. The van der Waals surface area contributed by atoms with Crippen LogP contribution in [0.4, 0.5) is 44.3 Å². The van der Waals surface area contributed by atoms with Gasteiger partial charge >= 0.3 is 24.6 Å².